The molecular weight excluding hydrogens is 286 g/mol. The summed E-state index contributed by atoms with van der Waals surface area (Å²) in [6.07, 6.45) is 7.12. The fourth-order valence-corrected chi connectivity index (χ4v) is 6.11. The zero-order chi connectivity index (χ0) is 15.9. The Hall–Kier alpha value is -1.35. The minimum atomic E-state index is -0.131. The number of carbonyl (C=O) groups excluding carboxylic acids is 1. The van der Waals surface area contributed by atoms with Crippen LogP contribution in [-0.4, -0.2) is 26.2 Å². The molecule has 1 amide bonds. The molecule has 0 heterocycles. The van der Waals surface area contributed by atoms with Gasteiger partial charge < -0.3 is 10.1 Å². The van der Waals surface area contributed by atoms with E-state index in [-0.39, 0.29) is 16.7 Å². The fraction of sp³-hybridized carbons (Fsp3) is 0.650. The molecule has 3 heteroatoms. The Morgan fingerprint density at radius 3 is 2.52 bits per heavy atom. The lowest BCUT2D eigenvalue weighted by Crippen LogP contribution is -2.59. The van der Waals surface area contributed by atoms with Gasteiger partial charge in [-0.25, -0.2) is 0 Å². The Morgan fingerprint density at radius 1 is 1.17 bits per heavy atom. The number of benzene rings is 1. The van der Waals surface area contributed by atoms with E-state index in [1.807, 2.05) is 0 Å². The summed E-state index contributed by atoms with van der Waals surface area (Å²) in [5, 5.41) is 3.15. The van der Waals surface area contributed by atoms with Gasteiger partial charge in [-0.3, -0.25) is 4.79 Å². The number of methoxy groups -OCH3 is 1. The Labute approximate surface area is 138 Å². The van der Waals surface area contributed by atoms with E-state index >= 15 is 0 Å². The molecule has 4 bridgehead atoms. The number of ether oxygens (including phenoxy) is 1. The highest BCUT2D eigenvalue weighted by atomic mass is 16.5. The van der Waals surface area contributed by atoms with Crippen LogP contribution in [0, 0.1) is 17.3 Å². The number of rotatable bonds is 5. The van der Waals surface area contributed by atoms with Crippen molar-refractivity contribution in [2.24, 2.45) is 17.3 Å². The normalized spacial score (nSPS) is 37.8. The summed E-state index contributed by atoms with van der Waals surface area (Å²) in [5.74, 6) is 1.73. The van der Waals surface area contributed by atoms with Gasteiger partial charge in [0.1, 0.15) is 0 Å². The molecule has 0 spiro atoms. The largest absolute Gasteiger partial charge is 0.383 e. The van der Waals surface area contributed by atoms with Crippen molar-refractivity contribution in [1.29, 1.82) is 0 Å². The molecule has 0 unspecified atom stereocenters. The lowest BCUT2D eigenvalue weighted by Gasteiger charge is -2.61. The van der Waals surface area contributed by atoms with Crippen molar-refractivity contribution in [2.75, 3.05) is 20.3 Å². The molecule has 4 saturated carbocycles. The highest BCUT2D eigenvalue weighted by Crippen LogP contribution is 2.65. The second kappa shape index (κ2) is 5.62. The summed E-state index contributed by atoms with van der Waals surface area (Å²) in [4.78, 5) is 13.0. The van der Waals surface area contributed by atoms with Gasteiger partial charge in [0.25, 0.3) is 0 Å². The summed E-state index contributed by atoms with van der Waals surface area (Å²) >= 11 is 0. The summed E-state index contributed by atoms with van der Waals surface area (Å²) in [6.45, 7) is 1.23. The van der Waals surface area contributed by atoms with E-state index in [1.165, 1.54) is 24.8 Å². The third-order valence-electron chi connectivity index (χ3n) is 6.52. The third-order valence-corrected chi connectivity index (χ3v) is 6.52. The van der Waals surface area contributed by atoms with Crippen molar-refractivity contribution in [3.05, 3.63) is 35.9 Å². The highest BCUT2D eigenvalue weighted by molar-refractivity contribution is 5.83. The lowest BCUT2D eigenvalue weighted by molar-refractivity contribution is -0.149. The van der Waals surface area contributed by atoms with E-state index in [1.54, 1.807) is 7.11 Å². The molecule has 5 rings (SSSR count). The highest BCUT2D eigenvalue weighted by Gasteiger charge is 2.60. The van der Waals surface area contributed by atoms with E-state index in [2.05, 4.69) is 35.6 Å². The minimum absolute atomic E-state index is 0.131. The predicted molar refractivity (Wildman–Crippen MR) is 90.1 cm³/mol. The molecule has 0 aliphatic heterocycles. The van der Waals surface area contributed by atoms with Gasteiger partial charge in [0.05, 0.1) is 12.0 Å². The second-order valence-electron chi connectivity index (χ2n) is 8.14. The first-order valence-corrected chi connectivity index (χ1v) is 8.99. The Bertz CT molecular complexity index is 569. The molecule has 4 aliphatic carbocycles. The zero-order valence-corrected chi connectivity index (χ0v) is 14.0. The van der Waals surface area contributed by atoms with E-state index in [0.29, 0.717) is 13.2 Å². The van der Waals surface area contributed by atoms with Crippen molar-refractivity contribution in [1.82, 2.24) is 5.32 Å². The smallest absolute Gasteiger partial charge is 0.226 e. The number of carbonyl (C=O) groups is 1. The van der Waals surface area contributed by atoms with Gasteiger partial charge in [-0.15, -0.1) is 0 Å². The molecule has 4 aliphatic rings. The van der Waals surface area contributed by atoms with E-state index in [4.69, 9.17) is 4.74 Å². The third kappa shape index (κ3) is 2.50. The second-order valence-corrected chi connectivity index (χ2v) is 8.14. The average Bonchev–Trinajstić information content (AvgIpc) is 2.54. The number of hydrogen-bond donors (Lipinski definition) is 1. The number of nitrogens with one attached hydrogen (secondary N) is 1. The maximum atomic E-state index is 13.0. The van der Waals surface area contributed by atoms with Crippen LogP contribution in [0.2, 0.25) is 0 Å². The average molecular weight is 313 g/mol. The lowest BCUT2D eigenvalue weighted by atomic mass is 9.42. The quantitative estimate of drug-likeness (QED) is 0.847. The minimum Gasteiger partial charge on any atom is -0.383 e. The molecule has 0 saturated heterocycles. The maximum Gasteiger partial charge on any atom is 0.226 e. The molecule has 2 atom stereocenters. The van der Waals surface area contributed by atoms with Crippen molar-refractivity contribution >= 4 is 5.91 Å². The van der Waals surface area contributed by atoms with Gasteiger partial charge in [-0.2, -0.15) is 0 Å². The molecular formula is C20H27NO2. The SMILES string of the molecule is COCCNC(=O)C12C[C@H]3C[C@H](C1)CC(c1ccccc1)(C3)C2. The zero-order valence-electron chi connectivity index (χ0n) is 14.0. The first-order chi connectivity index (χ1) is 11.2. The molecule has 1 N–H and O–H groups in total. The van der Waals surface area contributed by atoms with E-state index < -0.39 is 0 Å². The van der Waals surface area contributed by atoms with E-state index in [9.17, 15) is 4.79 Å². The molecule has 0 aromatic heterocycles. The predicted octanol–water partition coefficient (Wildman–Crippen LogP) is 3.29. The Balaban J connectivity index is 1.62. The summed E-state index contributed by atoms with van der Waals surface area (Å²) in [5.41, 5.74) is 1.57. The first kappa shape index (κ1) is 15.2. The molecule has 4 fully saturated rings. The molecule has 0 radical (unpaired) electrons. The van der Waals surface area contributed by atoms with Gasteiger partial charge in [0.2, 0.25) is 5.91 Å². The van der Waals surface area contributed by atoms with Crippen molar-refractivity contribution in [3.8, 4) is 0 Å². The summed E-state index contributed by atoms with van der Waals surface area (Å²) in [7, 11) is 1.68. The summed E-state index contributed by atoms with van der Waals surface area (Å²) < 4.78 is 5.09. The van der Waals surface area contributed by atoms with Crippen LogP contribution in [0.5, 0.6) is 0 Å². The van der Waals surface area contributed by atoms with Crippen molar-refractivity contribution < 1.29 is 9.53 Å². The topological polar surface area (TPSA) is 38.3 Å². The van der Waals surface area contributed by atoms with Crippen LogP contribution in [0.3, 0.4) is 0 Å². The molecule has 23 heavy (non-hydrogen) atoms. The van der Waals surface area contributed by atoms with Gasteiger partial charge >= 0.3 is 0 Å². The maximum absolute atomic E-state index is 13.0. The number of hydrogen-bond acceptors (Lipinski definition) is 2. The van der Waals surface area contributed by atoms with Crippen molar-refractivity contribution in [3.63, 3.8) is 0 Å². The van der Waals surface area contributed by atoms with Crippen LogP contribution in [0.4, 0.5) is 0 Å². The standard InChI is InChI=1S/C20H27NO2/c1-23-8-7-21-18(22)20-12-15-9-16(13-20)11-19(10-15,14-20)17-5-3-2-4-6-17/h2-6,15-16H,7-14H2,1H3,(H,21,22)/t15-,16-,19?,20?/m0/s1. The number of amides is 1. The van der Waals surface area contributed by atoms with Crippen LogP contribution in [-0.2, 0) is 14.9 Å². The Kier molecular flexibility index (Phi) is 3.72. The molecule has 1 aromatic rings. The first-order valence-electron chi connectivity index (χ1n) is 8.99. The monoisotopic (exact) mass is 313 g/mol. The van der Waals surface area contributed by atoms with Gasteiger partial charge in [0.15, 0.2) is 0 Å². The fourth-order valence-electron chi connectivity index (χ4n) is 6.11. The van der Waals surface area contributed by atoms with Gasteiger partial charge in [-0.05, 0) is 61.3 Å². The molecule has 124 valence electrons. The van der Waals surface area contributed by atoms with Gasteiger partial charge in [0, 0.05) is 13.7 Å². The van der Waals surface area contributed by atoms with E-state index in [0.717, 1.165) is 31.1 Å². The van der Waals surface area contributed by atoms with Crippen LogP contribution < -0.4 is 5.32 Å². The van der Waals surface area contributed by atoms with Crippen LogP contribution in [0.15, 0.2) is 30.3 Å². The summed E-state index contributed by atoms with van der Waals surface area (Å²) in [6, 6.07) is 11.0. The van der Waals surface area contributed by atoms with Crippen molar-refractivity contribution in [2.45, 2.75) is 43.9 Å². The van der Waals surface area contributed by atoms with Crippen LogP contribution in [0.1, 0.15) is 44.1 Å². The molecule has 3 nitrogen and oxygen atoms in total. The van der Waals surface area contributed by atoms with Crippen LogP contribution in [0.25, 0.3) is 0 Å². The van der Waals surface area contributed by atoms with Crippen LogP contribution >= 0.6 is 0 Å². The van der Waals surface area contributed by atoms with Gasteiger partial charge in [-0.1, -0.05) is 30.3 Å². The molecule has 1 aromatic carbocycles. The Morgan fingerprint density at radius 2 is 1.87 bits per heavy atom.